The summed E-state index contributed by atoms with van der Waals surface area (Å²) in [6.07, 6.45) is 0.570. The highest BCUT2D eigenvalue weighted by molar-refractivity contribution is 5.76. The van der Waals surface area contributed by atoms with Crippen LogP contribution in [0, 0.1) is 0 Å². The second kappa shape index (κ2) is 3.01. The lowest BCUT2D eigenvalue weighted by Crippen LogP contribution is -2.33. The van der Waals surface area contributed by atoms with Crippen LogP contribution in [0.25, 0.3) is 0 Å². The first-order chi connectivity index (χ1) is 4.75. The van der Waals surface area contributed by atoms with E-state index in [1.807, 2.05) is 13.8 Å². The number of nitrogens with zero attached hydrogens (tertiary/aromatic N) is 1. The second-order valence-electron chi connectivity index (χ2n) is 2.41. The molecular weight excluding hydrogens is 130 g/mol. The number of carbonyl (C=O) groups excluding carboxylic acids is 1. The molecule has 1 aliphatic rings. The summed E-state index contributed by atoms with van der Waals surface area (Å²) in [6.45, 7) is 5.22. The smallest absolute Gasteiger partial charge is 0.224 e. The van der Waals surface area contributed by atoms with Crippen LogP contribution in [-0.4, -0.2) is 30.2 Å². The van der Waals surface area contributed by atoms with Crippen molar-refractivity contribution in [2.24, 2.45) is 0 Å². The van der Waals surface area contributed by atoms with E-state index in [9.17, 15) is 4.79 Å². The standard InChI is InChI=1S/C7H13NO2/c1-3-7(9)8-4-5-10-6(8)2/h6H,3-5H2,1-2H3. The normalized spacial score (nSPS) is 25.4. The van der Waals surface area contributed by atoms with Gasteiger partial charge in [0.25, 0.3) is 0 Å². The van der Waals surface area contributed by atoms with Crippen molar-refractivity contribution in [3.8, 4) is 0 Å². The van der Waals surface area contributed by atoms with E-state index in [0.29, 0.717) is 13.0 Å². The van der Waals surface area contributed by atoms with E-state index in [-0.39, 0.29) is 12.1 Å². The van der Waals surface area contributed by atoms with E-state index >= 15 is 0 Å². The van der Waals surface area contributed by atoms with Gasteiger partial charge in [-0.05, 0) is 6.92 Å². The van der Waals surface area contributed by atoms with Crippen molar-refractivity contribution in [3.05, 3.63) is 0 Å². The molecule has 1 heterocycles. The lowest BCUT2D eigenvalue weighted by molar-refractivity contribution is -0.134. The Hall–Kier alpha value is -0.570. The zero-order valence-electron chi connectivity index (χ0n) is 6.46. The molecule has 3 nitrogen and oxygen atoms in total. The molecule has 58 valence electrons. The average Bonchev–Trinajstić information content (AvgIpc) is 2.34. The molecule has 0 radical (unpaired) electrons. The zero-order chi connectivity index (χ0) is 7.56. The number of carbonyl (C=O) groups is 1. The maximum Gasteiger partial charge on any atom is 0.224 e. The molecule has 1 rings (SSSR count). The number of ether oxygens (including phenoxy) is 1. The average molecular weight is 143 g/mol. The Morgan fingerprint density at radius 2 is 2.50 bits per heavy atom. The zero-order valence-corrected chi connectivity index (χ0v) is 6.46. The Labute approximate surface area is 61.0 Å². The highest BCUT2D eigenvalue weighted by Crippen LogP contribution is 2.09. The summed E-state index contributed by atoms with van der Waals surface area (Å²) < 4.78 is 5.19. The van der Waals surface area contributed by atoms with Gasteiger partial charge in [-0.25, -0.2) is 0 Å². The molecule has 0 spiro atoms. The molecule has 0 bridgehead atoms. The molecule has 0 saturated carbocycles. The fourth-order valence-corrected chi connectivity index (χ4v) is 1.12. The summed E-state index contributed by atoms with van der Waals surface area (Å²) in [4.78, 5) is 12.8. The number of hydrogen-bond acceptors (Lipinski definition) is 2. The fourth-order valence-electron chi connectivity index (χ4n) is 1.12. The first kappa shape index (κ1) is 7.54. The van der Waals surface area contributed by atoms with Gasteiger partial charge in [0.15, 0.2) is 0 Å². The quantitative estimate of drug-likeness (QED) is 0.538. The molecule has 0 N–H and O–H groups in total. The van der Waals surface area contributed by atoms with Crippen molar-refractivity contribution >= 4 is 5.91 Å². The predicted molar refractivity (Wildman–Crippen MR) is 37.4 cm³/mol. The van der Waals surface area contributed by atoms with E-state index in [1.54, 1.807) is 4.90 Å². The minimum absolute atomic E-state index is 0.00699. The summed E-state index contributed by atoms with van der Waals surface area (Å²) in [6, 6.07) is 0. The second-order valence-corrected chi connectivity index (χ2v) is 2.41. The van der Waals surface area contributed by atoms with Crippen LogP contribution in [0.4, 0.5) is 0 Å². The molecule has 1 saturated heterocycles. The Kier molecular flexibility index (Phi) is 2.27. The predicted octanol–water partition coefficient (Wildman–Crippen LogP) is 0.601. The molecule has 1 aliphatic heterocycles. The number of hydrogen-bond donors (Lipinski definition) is 0. The van der Waals surface area contributed by atoms with Gasteiger partial charge in [0.2, 0.25) is 5.91 Å². The van der Waals surface area contributed by atoms with Crippen molar-refractivity contribution in [1.29, 1.82) is 0 Å². The largest absolute Gasteiger partial charge is 0.357 e. The molecule has 1 amide bonds. The summed E-state index contributed by atoms with van der Waals surface area (Å²) in [7, 11) is 0. The monoisotopic (exact) mass is 143 g/mol. The van der Waals surface area contributed by atoms with Crippen LogP contribution >= 0.6 is 0 Å². The van der Waals surface area contributed by atoms with E-state index in [0.717, 1.165) is 6.54 Å². The van der Waals surface area contributed by atoms with Crippen LogP contribution in [0.2, 0.25) is 0 Å². The molecule has 3 heteroatoms. The summed E-state index contributed by atoms with van der Waals surface area (Å²) in [5.74, 6) is 0.185. The van der Waals surface area contributed by atoms with Crippen molar-refractivity contribution < 1.29 is 9.53 Å². The molecule has 0 aliphatic carbocycles. The van der Waals surface area contributed by atoms with Gasteiger partial charge in [0.05, 0.1) is 6.61 Å². The van der Waals surface area contributed by atoms with Crippen LogP contribution < -0.4 is 0 Å². The van der Waals surface area contributed by atoms with Crippen molar-refractivity contribution in [1.82, 2.24) is 4.90 Å². The van der Waals surface area contributed by atoms with Crippen molar-refractivity contribution in [2.75, 3.05) is 13.2 Å². The molecule has 10 heavy (non-hydrogen) atoms. The van der Waals surface area contributed by atoms with Gasteiger partial charge in [-0.3, -0.25) is 4.79 Å². The molecule has 1 atom stereocenters. The van der Waals surface area contributed by atoms with E-state index in [2.05, 4.69) is 0 Å². The molecule has 0 aromatic heterocycles. The number of rotatable bonds is 1. The minimum atomic E-state index is -0.00699. The lowest BCUT2D eigenvalue weighted by atomic mass is 10.4. The van der Waals surface area contributed by atoms with Crippen LogP contribution in [-0.2, 0) is 9.53 Å². The first-order valence-corrected chi connectivity index (χ1v) is 3.66. The highest BCUT2D eigenvalue weighted by Gasteiger charge is 2.23. The topological polar surface area (TPSA) is 29.5 Å². The Bertz CT molecular complexity index is 136. The van der Waals surface area contributed by atoms with Crippen LogP contribution in [0.3, 0.4) is 0 Å². The third kappa shape index (κ3) is 1.29. The van der Waals surface area contributed by atoms with Crippen LogP contribution in [0.15, 0.2) is 0 Å². The first-order valence-electron chi connectivity index (χ1n) is 3.66. The SMILES string of the molecule is CCC(=O)N1CCOC1C. The van der Waals surface area contributed by atoms with E-state index in [4.69, 9.17) is 4.74 Å². The van der Waals surface area contributed by atoms with Gasteiger partial charge in [-0.1, -0.05) is 6.92 Å². The third-order valence-corrected chi connectivity index (χ3v) is 1.75. The summed E-state index contributed by atoms with van der Waals surface area (Å²) in [5.41, 5.74) is 0. The van der Waals surface area contributed by atoms with Gasteiger partial charge >= 0.3 is 0 Å². The van der Waals surface area contributed by atoms with Crippen LogP contribution in [0.1, 0.15) is 20.3 Å². The van der Waals surface area contributed by atoms with Gasteiger partial charge in [-0.15, -0.1) is 0 Å². The Morgan fingerprint density at radius 1 is 1.80 bits per heavy atom. The molecule has 1 fully saturated rings. The maximum absolute atomic E-state index is 11.1. The van der Waals surface area contributed by atoms with Gasteiger partial charge < -0.3 is 9.64 Å². The molecule has 0 aromatic rings. The van der Waals surface area contributed by atoms with E-state index in [1.165, 1.54) is 0 Å². The van der Waals surface area contributed by atoms with Gasteiger partial charge in [-0.2, -0.15) is 0 Å². The Balaban J connectivity index is 2.46. The van der Waals surface area contributed by atoms with Crippen LogP contribution in [0.5, 0.6) is 0 Å². The van der Waals surface area contributed by atoms with Gasteiger partial charge in [0, 0.05) is 13.0 Å². The van der Waals surface area contributed by atoms with Crippen molar-refractivity contribution in [2.45, 2.75) is 26.5 Å². The molecular formula is C7H13NO2. The van der Waals surface area contributed by atoms with Crippen molar-refractivity contribution in [3.63, 3.8) is 0 Å². The van der Waals surface area contributed by atoms with Gasteiger partial charge in [0.1, 0.15) is 6.23 Å². The third-order valence-electron chi connectivity index (χ3n) is 1.75. The summed E-state index contributed by atoms with van der Waals surface area (Å²) in [5, 5.41) is 0. The Morgan fingerprint density at radius 3 is 2.90 bits per heavy atom. The molecule has 1 unspecified atom stereocenters. The lowest BCUT2D eigenvalue weighted by Gasteiger charge is -2.18. The summed E-state index contributed by atoms with van der Waals surface area (Å²) >= 11 is 0. The number of amides is 1. The highest BCUT2D eigenvalue weighted by atomic mass is 16.5. The molecule has 0 aromatic carbocycles. The van der Waals surface area contributed by atoms with E-state index < -0.39 is 0 Å². The fraction of sp³-hybridized carbons (Fsp3) is 0.857. The maximum atomic E-state index is 11.1. The minimum Gasteiger partial charge on any atom is -0.357 e.